The van der Waals surface area contributed by atoms with Gasteiger partial charge >= 0.3 is 0 Å². The number of aromatic amines is 1. The third-order valence-corrected chi connectivity index (χ3v) is 5.05. The summed E-state index contributed by atoms with van der Waals surface area (Å²) in [5.74, 6) is 2.27. The van der Waals surface area contributed by atoms with Crippen LogP contribution in [0.4, 0.5) is 5.69 Å². The molecule has 0 bridgehead atoms. The van der Waals surface area contributed by atoms with Crippen LogP contribution in [0.1, 0.15) is 30.7 Å². The summed E-state index contributed by atoms with van der Waals surface area (Å²) < 4.78 is 5.29. The number of methoxy groups -OCH3 is 1. The van der Waals surface area contributed by atoms with Crippen molar-refractivity contribution in [3.05, 3.63) is 53.9 Å². The minimum Gasteiger partial charge on any atom is -0.497 e. The van der Waals surface area contributed by atoms with Crippen molar-refractivity contribution in [2.75, 3.05) is 25.5 Å². The summed E-state index contributed by atoms with van der Waals surface area (Å²) in [4.78, 5) is 21.8. The highest BCUT2D eigenvalue weighted by Gasteiger charge is 2.26. The Hall–Kier alpha value is -2.86. The van der Waals surface area contributed by atoms with E-state index in [2.05, 4.69) is 27.3 Å². The molecule has 4 rings (SSSR count). The summed E-state index contributed by atoms with van der Waals surface area (Å²) in [5.41, 5.74) is 4.09. The number of rotatable bonds is 5. The van der Waals surface area contributed by atoms with E-state index in [1.165, 1.54) is 12.5 Å². The predicted molar refractivity (Wildman–Crippen MR) is 106 cm³/mol. The highest BCUT2D eigenvalue weighted by molar-refractivity contribution is 5.88. The van der Waals surface area contributed by atoms with E-state index in [0.29, 0.717) is 5.92 Å². The number of aromatic nitrogens is 2. The van der Waals surface area contributed by atoms with Crippen molar-refractivity contribution in [1.29, 1.82) is 0 Å². The van der Waals surface area contributed by atoms with E-state index in [4.69, 9.17) is 9.72 Å². The molecule has 0 aliphatic carbocycles. The lowest BCUT2D eigenvalue weighted by molar-refractivity contribution is -0.114. The molecular weight excluding hydrogens is 340 g/mol. The number of carbonyl (C=O) groups excluding carboxylic acids is 1. The fraction of sp³-hybridized carbons (Fsp3) is 0.333. The standard InChI is InChI=1S/C21H24N4O2/c1-14(26)22-17-5-3-15(4-6-17)12-25-10-9-16(13-25)21-23-19-8-7-18(27-2)11-20(19)24-21/h3-8,11,16H,9-10,12-13H2,1-2H3,(H,22,26)(H,23,24). The second-order valence-electron chi connectivity index (χ2n) is 7.10. The normalized spacial score (nSPS) is 17.3. The number of anilines is 1. The number of amides is 1. The largest absolute Gasteiger partial charge is 0.497 e. The van der Waals surface area contributed by atoms with Crippen LogP contribution in [0.5, 0.6) is 5.75 Å². The van der Waals surface area contributed by atoms with E-state index < -0.39 is 0 Å². The monoisotopic (exact) mass is 364 g/mol. The predicted octanol–water partition coefficient (Wildman–Crippen LogP) is 3.52. The van der Waals surface area contributed by atoms with Gasteiger partial charge in [-0.05, 0) is 42.8 Å². The number of hydrogen-bond acceptors (Lipinski definition) is 4. The molecule has 3 aromatic rings. The summed E-state index contributed by atoms with van der Waals surface area (Å²) in [5, 5.41) is 2.80. The smallest absolute Gasteiger partial charge is 0.221 e. The van der Waals surface area contributed by atoms with Gasteiger partial charge in [-0.3, -0.25) is 9.69 Å². The van der Waals surface area contributed by atoms with Crippen LogP contribution in [-0.2, 0) is 11.3 Å². The molecule has 1 aliphatic rings. The van der Waals surface area contributed by atoms with Gasteiger partial charge in [-0.1, -0.05) is 12.1 Å². The zero-order chi connectivity index (χ0) is 18.8. The summed E-state index contributed by atoms with van der Waals surface area (Å²) in [6.45, 7) is 4.47. The van der Waals surface area contributed by atoms with Crippen LogP contribution in [0.15, 0.2) is 42.5 Å². The van der Waals surface area contributed by atoms with E-state index in [1.54, 1.807) is 7.11 Å². The molecule has 1 aromatic heterocycles. The first kappa shape index (κ1) is 17.5. The van der Waals surface area contributed by atoms with Crippen LogP contribution in [-0.4, -0.2) is 41.0 Å². The maximum absolute atomic E-state index is 11.1. The maximum atomic E-state index is 11.1. The second-order valence-corrected chi connectivity index (χ2v) is 7.10. The highest BCUT2D eigenvalue weighted by atomic mass is 16.5. The van der Waals surface area contributed by atoms with Crippen molar-refractivity contribution in [3.8, 4) is 5.75 Å². The Morgan fingerprint density at radius 3 is 2.85 bits per heavy atom. The fourth-order valence-electron chi connectivity index (χ4n) is 3.68. The van der Waals surface area contributed by atoms with Gasteiger partial charge in [0.2, 0.25) is 5.91 Å². The molecule has 140 valence electrons. The van der Waals surface area contributed by atoms with Gasteiger partial charge in [-0.25, -0.2) is 4.98 Å². The molecule has 1 amide bonds. The molecule has 1 saturated heterocycles. The number of ether oxygens (including phenoxy) is 1. The molecule has 1 unspecified atom stereocenters. The Bertz CT molecular complexity index is 948. The van der Waals surface area contributed by atoms with E-state index in [0.717, 1.165) is 54.3 Å². The Kier molecular flexibility index (Phi) is 4.81. The van der Waals surface area contributed by atoms with Crippen molar-refractivity contribution in [1.82, 2.24) is 14.9 Å². The first-order valence-corrected chi connectivity index (χ1v) is 9.23. The molecule has 1 fully saturated rings. The van der Waals surface area contributed by atoms with E-state index >= 15 is 0 Å². The fourth-order valence-corrected chi connectivity index (χ4v) is 3.68. The number of imidazole rings is 1. The van der Waals surface area contributed by atoms with Crippen LogP contribution < -0.4 is 10.1 Å². The number of nitrogens with zero attached hydrogens (tertiary/aromatic N) is 2. The van der Waals surface area contributed by atoms with Crippen molar-refractivity contribution in [2.24, 2.45) is 0 Å². The molecule has 6 nitrogen and oxygen atoms in total. The number of likely N-dealkylation sites (tertiary alicyclic amines) is 1. The Labute approximate surface area is 158 Å². The average Bonchev–Trinajstić information content (AvgIpc) is 3.28. The van der Waals surface area contributed by atoms with Crippen LogP contribution in [0.2, 0.25) is 0 Å². The van der Waals surface area contributed by atoms with Gasteiger partial charge in [0.25, 0.3) is 0 Å². The van der Waals surface area contributed by atoms with E-state index in [1.807, 2.05) is 30.3 Å². The molecule has 2 heterocycles. The van der Waals surface area contributed by atoms with Crippen LogP contribution in [0.25, 0.3) is 11.0 Å². The van der Waals surface area contributed by atoms with Crippen LogP contribution >= 0.6 is 0 Å². The van der Waals surface area contributed by atoms with Gasteiger partial charge < -0.3 is 15.0 Å². The van der Waals surface area contributed by atoms with Crippen molar-refractivity contribution < 1.29 is 9.53 Å². The average molecular weight is 364 g/mol. The summed E-state index contributed by atoms with van der Waals surface area (Å²) in [7, 11) is 1.68. The zero-order valence-electron chi connectivity index (χ0n) is 15.7. The SMILES string of the molecule is COc1ccc2nc(C3CCN(Cc4ccc(NC(C)=O)cc4)C3)[nH]c2c1. The molecular formula is C21H24N4O2. The molecule has 27 heavy (non-hydrogen) atoms. The van der Waals surface area contributed by atoms with E-state index in [9.17, 15) is 4.79 Å². The molecule has 0 saturated carbocycles. The van der Waals surface area contributed by atoms with Gasteiger partial charge in [0.1, 0.15) is 11.6 Å². The second kappa shape index (κ2) is 7.40. The number of hydrogen-bond donors (Lipinski definition) is 2. The first-order valence-electron chi connectivity index (χ1n) is 9.23. The van der Waals surface area contributed by atoms with Crippen molar-refractivity contribution in [2.45, 2.75) is 25.8 Å². The van der Waals surface area contributed by atoms with Gasteiger partial charge in [0.05, 0.1) is 18.1 Å². The lowest BCUT2D eigenvalue weighted by Crippen LogP contribution is -2.20. The molecule has 0 radical (unpaired) electrons. The van der Waals surface area contributed by atoms with E-state index in [-0.39, 0.29) is 5.91 Å². The lowest BCUT2D eigenvalue weighted by atomic mass is 10.1. The summed E-state index contributed by atoms with van der Waals surface area (Å²) in [6.07, 6.45) is 1.10. The topological polar surface area (TPSA) is 70.2 Å². The number of carbonyl (C=O) groups is 1. The Balaban J connectivity index is 1.40. The quantitative estimate of drug-likeness (QED) is 0.727. The zero-order valence-corrected chi connectivity index (χ0v) is 15.7. The Morgan fingerprint density at radius 2 is 2.11 bits per heavy atom. The Morgan fingerprint density at radius 1 is 1.30 bits per heavy atom. The molecule has 6 heteroatoms. The molecule has 0 spiro atoms. The molecule has 1 aliphatic heterocycles. The minimum atomic E-state index is -0.0476. The minimum absolute atomic E-state index is 0.0476. The summed E-state index contributed by atoms with van der Waals surface area (Å²) in [6, 6.07) is 14.0. The number of fused-ring (bicyclic) bond motifs is 1. The van der Waals surface area contributed by atoms with Crippen LogP contribution in [0.3, 0.4) is 0 Å². The molecule has 2 aromatic carbocycles. The van der Waals surface area contributed by atoms with Gasteiger partial charge in [-0.2, -0.15) is 0 Å². The maximum Gasteiger partial charge on any atom is 0.221 e. The first-order chi connectivity index (χ1) is 13.1. The van der Waals surface area contributed by atoms with Gasteiger partial charge in [0, 0.05) is 37.7 Å². The number of nitrogens with one attached hydrogen (secondary N) is 2. The van der Waals surface area contributed by atoms with Gasteiger partial charge in [-0.15, -0.1) is 0 Å². The highest BCUT2D eigenvalue weighted by Crippen LogP contribution is 2.29. The van der Waals surface area contributed by atoms with Crippen molar-refractivity contribution in [3.63, 3.8) is 0 Å². The summed E-state index contributed by atoms with van der Waals surface area (Å²) >= 11 is 0. The van der Waals surface area contributed by atoms with Crippen molar-refractivity contribution >= 4 is 22.6 Å². The molecule has 2 N–H and O–H groups in total. The third kappa shape index (κ3) is 3.95. The molecule has 1 atom stereocenters. The number of H-pyrrole nitrogens is 1. The third-order valence-electron chi connectivity index (χ3n) is 5.05. The van der Waals surface area contributed by atoms with Gasteiger partial charge in [0.15, 0.2) is 0 Å². The van der Waals surface area contributed by atoms with Crippen LogP contribution in [0, 0.1) is 0 Å². The number of benzene rings is 2. The lowest BCUT2D eigenvalue weighted by Gasteiger charge is -2.16.